The second kappa shape index (κ2) is 6.73. The van der Waals surface area contributed by atoms with E-state index in [0.717, 1.165) is 37.9 Å². The van der Waals surface area contributed by atoms with Gasteiger partial charge in [0.25, 0.3) is 0 Å². The molecule has 1 aliphatic rings. The number of hydrogen-bond acceptors (Lipinski definition) is 3. The summed E-state index contributed by atoms with van der Waals surface area (Å²) in [5, 5.41) is 4.34. The van der Waals surface area contributed by atoms with Crippen molar-refractivity contribution in [2.24, 2.45) is 0 Å². The molecule has 22 heavy (non-hydrogen) atoms. The zero-order valence-electron chi connectivity index (χ0n) is 13.0. The molecule has 0 saturated carbocycles. The van der Waals surface area contributed by atoms with Crippen molar-refractivity contribution in [1.29, 1.82) is 0 Å². The normalized spacial score (nSPS) is 17.9. The minimum absolute atomic E-state index is 0.253. The topological polar surface area (TPSA) is 51.0 Å². The van der Waals surface area contributed by atoms with Crippen LogP contribution in [0.25, 0.3) is 0 Å². The maximum atomic E-state index is 12.5. The van der Waals surface area contributed by atoms with Crippen molar-refractivity contribution in [1.82, 2.24) is 19.7 Å². The van der Waals surface area contributed by atoms with Crippen LogP contribution >= 0.6 is 0 Å². The molecule has 5 nitrogen and oxygen atoms in total. The Labute approximate surface area is 131 Å². The van der Waals surface area contributed by atoms with Crippen LogP contribution in [0, 0.1) is 6.92 Å². The Morgan fingerprint density at radius 2 is 2.18 bits per heavy atom. The molecular weight excluding hydrogens is 276 g/mol. The van der Waals surface area contributed by atoms with E-state index in [4.69, 9.17) is 0 Å². The van der Waals surface area contributed by atoms with E-state index in [-0.39, 0.29) is 11.9 Å². The molecule has 2 aromatic heterocycles. The summed E-state index contributed by atoms with van der Waals surface area (Å²) < 4.78 is 1.95. The van der Waals surface area contributed by atoms with Gasteiger partial charge in [-0.05, 0) is 49.4 Å². The first kappa shape index (κ1) is 14.8. The highest BCUT2D eigenvalue weighted by atomic mass is 16.2. The maximum absolute atomic E-state index is 12.5. The van der Waals surface area contributed by atoms with Gasteiger partial charge < -0.3 is 4.90 Å². The largest absolute Gasteiger partial charge is 0.338 e. The van der Waals surface area contributed by atoms with Crippen molar-refractivity contribution in [3.05, 3.63) is 48.0 Å². The van der Waals surface area contributed by atoms with Crippen LogP contribution in [0.15, 0.2) is 36.9 Å². The van der Waals surface area contributed by atoms with Crippen molar-refractivity contribution in [2.45, 2.75) is 45.2 Å². The van der Waals surface area contributed by atoms with Crippen molar-refractivity contribution in [2.75, 3.05) is 6.54 Å². The summed E-state index contributed by atoms with van der Waals surface area (Å²) >= 11 is 0. The van der Waals surface area contributed by atoms with Gasteiger partial charge in [0, 0.05) is 31.6 Å². The smallest absolute Gasteiger partial charge is 0.223 e. The first-order chi connectivity index (χ1) is 10.7. The number of aryl methyl sites for hydroxylation is 2. The third kappa shape index (κ3) is 3.53. The van der Waals surface area contributed by atoms with Crippen molar-refractivity contribution in [3.63, 3.8) is 0 Å². The summed E-state index contributed by atoms with van der Waals surface area (Å²) in [7, 11) is 0. The molecule has 3 heterocycles. The van der Waals surface area contributed by atoms with Gasteiger partial charge in [0.2, 0.25) is 5.91 Å². The molecule has 0 aliphatic carbocycles. The molecule has 2 aromatic rings. The number of hydrogen-bond donors (Lipinski definition) is 0. The van der Waals surface area contributed by atoms with Gasteiger partial charge in [0.15, 0.2) is 0 Å². The van der Waals surface area contributed by atoms with Crippen LogP contribution < -0.4 is 0 Å². The zero-order valence-corrected chi connectivity index (χ0v) is 13.0. The molecule has 0 aromatic carbocycles. The highest BCUT2D eigenvalue weighted by Gasteiger charge is 2.28. The quantitative estimate of drug-likeness (QED) is 0.850. The number of carbonyl (C=O) groups excluding carboxylic acids is 1. The monoisotopic (exact) mass is 298 g/mol. The molecule has 5 heteroatoms. The number of nitrogens with zero attached hydrogens (tertiary/aromatic N) is 4. The van der Waals surface area contributed by atoms with Crippen molar-refractivity contribution in [3.8, 4) is 0 Å². The fourth-order valence-corrected chi connectivity index (χ4v) is 3.08. The fourth-order valence-electron chi connectivity index (χ4n) is 3.08. The van der Waals surface area contributed by atoms with E-state index in [1.54, 1.807) is 12.4 Å². The number of amides is 1. The Hall–Kier alpha value is -2.17. The maximum Gasteiger partial charge on any atom is 0.223 e. The summed E-state index contributed by atoms with van der Waals surface area (Å²) in [6.45, 7) is 3.71. The van der Waals surface area contributed by atoms with Crippen LogP contribution in [0.2, 0.25) is 0 Å². The van der Waals surface area contributed by atoms with Gasteiger partial charge in [-0.1, -0.05) is 0 Å². The van der Waals surface area contributed by atoms with E-state index in [2.05, 4.69) is 10.1 Å². The van der Waals surface area contributed by atoms with Crippen LogP contribution in [-0.4, -0.2) is 38.2 Å². The first-order valence-electron chi connectivity index (χ1n) is 7.90. The summed E-state index contributed by atoms with van der Waals surface area (Å²) in [5.74, 6) is 0.253. The number of pyridine rings is 1. The minimum Gasteiger partial charge on any atom is -0.338 e. The molecule has 1 amide bonds. The average molecular weight is 298 g/mol. The number of likely N-dealkylation sites (tertiary alicyclic amines) is 1. The lowest BCUT2D eigenvalue weighted by Gasteiger charge is -2.24. The van der Waals surface area contributed by atoms with E-state index < -0.39 is 0 Å². The molecule has 1 saturated heterocycles. The number of rotatable bonds is 5. The summed E-state index contributed by atoms with van der Waals surface area (Å²) in [6.07, 6.45) is 11.0. The Morgan fingerprint density at radius 1 is 1.36 bits per heavy atom. The third-order valence-electron chi connectivity index (χ3n) is 4.23. The van der Waals surface area contributed by atoms with Crippen molar-refractivity contribution >= 4 is 5.91 Å². The molecule has 1 aliphatic heterocycles. The van der Waals surface area contributed by atoms with Gasteiger partial charge in [0.05, 0.1) is 18.8 Å². The lowest BCUT2D eigenvalue weighted by atomic mass is 10.1. The van der Waals surface area contributed by atoms with E-state index in [9.17, 15) is 4.79 Å². The first-order valence-corrected chi connectivity index (χ1v) is 7.90. The van der Waals surface area contributed by atoms with Crippen LogP contribution in [0.1, 0.15) is 30.4 Å². The third-order valence-corrected chi connectivity index (χ3v) is 4.23. The van der Waals surface area contributed by atoms with Gasteiger partial charge in [-0.15, -0.1) is 0 Å². The Bertz CT molecular complexity index is 623. The predicted molar refractivity (Wildman–Crippen MR) is 84.3 cm³/mol. The van der Waals surface area contributed by atoms with Gasteiger partial charge in [0.1, 0.15) is 0 Å². The van der Waals surface area contributed by atoms with Gasteiger partial charge in [-0.25, -0.2) is 0 Å². The van der Waals surface area contributed by atoms with Crippen LogP contribution in [0.3, 0.4) is 0 Å². The standard InChI is InChI=1S/C17H22N4O/c1-14-11-19-20(12-14)13-16-3-2-10-21(16)17(22)5-4-15-6-8-18-9-7-15/h6-9,11-12,16H,2-5,10,13H2,1H3/t16-/m0/s1. The number of aromatic nitrogens is 3. The second-order valence-electron chi connectivity index (χ2n) is 5.98. The Balaban J connectivity index is 1.56. The molecule has 0 bridgehead atoms. The highest BCUT2D eigenvalue weighted by Crippen LogP contribution is 2.20. The van der Waals surface area contributed by atoms with E-state index in [1.807, 2.05) is 41.0 Å². The molecule has 0 unspecified atom stereocenters. The molecule has 0 radical (unpaired) electrons. The highest BCUT2D eigenvalue weighted by molar-refractivity contribution is 5.77. The molecule has 1 fully saturated rings. The molecule has 116 valence electrons. The van der Waals surface area contributed by atoms with E-state index >= 15 is 0 Å². The minimum atomic E-state index is 0.253. The Kier molecular flexibility index (Phi) is 4.51. The molecule has 0 N–H and O–H groups in total. The van der Waals surface area contributed by atoms with E-state index in [1.165, 1.54) is 5.56 Å². The lowest BCUT2D eigenvalue weighted by Crippen LogP contribution is -2.38. The zero-order chi connectivity index (χ0) is 15.4. The fraction of sp³-hybridized carbons (Fsp3) is 0.471. The summed E-state index contributed by atoms with van der Waals surface area (Å²) in [6, 6.07) is 4.23. The Morgan fingerprint density at radius 3 is 2.91 bits per heavy atom. The van der Waals surface area contributed by atoms with Gasteiger partial charge >= 0.3 is 0 Å². The van der Waals surface area contributed by atoms with Crippen molar-refractivity contribution < 1.29 is 4.79 Å². The summed E-state index contributed by atoms with van der Waals surface area (Å²) in [4.78, 5) is 18.6. The van der Waals surface area contributed by atoms with E-state index in [0.29, 0.717) is 6.42 Å². The second-order valence-corrected chi connectivity index (χ2v) is 5.98. The molecule has 1 atom stereocenters. The summed E-state index contributed by atoms with van der Waals surface area (Å²) in [5.41, 5.74) is 2.33. The lowest BCUT2D eigenvalue weighted by molar-refractivity contribution is -0.132. The van der Waals surface area contributed by atoms with Crippen LogP contribution in [0.5, 0.6) is 0 Å². The molecular formula is C17H22N4O. The van der Waals surface area contributed by atoms with Gasteiger partial charge in [-0.2, -0.15) is 5.10 Å². The molecule has 3 rings (SSSR count). The van der Waals surface area contributed by atoms with Crippen LogP contribution in [0.4, 0.5) is 0 Å². The molecule has 0 spiro atoms. The average Bonchev–Trinajstić information content (AvgIpc) is 3.15. The van der Waals surface area contributed by atoms with Gasteiger partial charge in [-0.3, -0.25) is 14.5 Å². The predicted octanol–water partition coefficient (Wildman–Crippen LogP) is 2.21. The number of carbonyl (C=O) groups is 1. The van der Waals surface area contributed by atoms with Crippen LogP contribution in [-0.2, 0) is 17.8 Å². The SMILES string of the molecule is Cc1cnn(C[C@@H]2CCCN2C(=O)CCc2ccncc2)c1.